The standard InChI is InChI=1S/C32H32O12S2/c1-38-28-18-25(22-11-14-24(15-12-22)43-45(4,34)35)31(40-3)32(42-20-29(33)39-2)30(28)23-13-16-26(27(17-23)44-46(5,36)37)41-19-21-9-7-6-8-10-21/h6-18H,19-20H2,1-5H3. The molecule has 0 saturated heterocycles. The largest absolute Gasteiger partial charge is 0.496 e. The summed E-state index contributed by atoms with van der Waals surface area (Å²) >= 11 is 0. The molecule has 244 valence electrons. The van der Waals surface area contributed by atoms with Crippen molar-refractivity contribution >= 4 is 26.2 Å². The van der Waals surface area contributed by atoms with Gasteiger partial charge in [-0.25, -0.2) is 4.79 Å². The second-order valence-corrected chi connectivity index (χ2v) is 12.9. The Morgan fingerprint density at radius 1 is 0.652 bits per heavy atom. The summed E-state index contributed by atoms with van der Waals surface area (Å²) in [5, 5.41) is 0. The molecule has 0 N–H and O–H groups in total. The summed E-state index contributed by atoms with van der Waals surface area (Å²) in [6.07, 6.45) is 1.85. The highest BCUT2D eigenvalue weighted by molar-refractivity contribution is 7.86. The van der Waals surface area contributed by atoms with Crippen LogP contribution in [0.3, 0.4) is 0 Å². The normalized spacial score (nSPS) is 11.3. The molecule has 0 aliphatic rings. The number of carbonyl (C=O) groups is 1. The fourth-order valence-electron chi connectivity index (χ4n) is 4.41. The van der Waals surface area contributed by atoms with Crippen LogP contribution >= 0.6 is 0 Å². The molecule has 0 saturated carbocycles. The van der Waals surface area contributed by atoms with E-state index in [0.717, 1.165) is 18.1 Å². The third kappa shape index (κ3) is 8.82. The van der Waals surface area contributed by atoms with E-state index in [1.807, 2.05) is 30.3 Å². The van der Waals surface area contributed by atoms with E-state index in [9.17, 15) is 21.6 Å². The Morgan fingerprint density at radius 3 is 1.89 bits per heavy atom. The van der Waals surface area contributed by atoms with Gasteiger partial charge in [0.15, 0.2) is 29.6 Å². The van der Waals surface area contributed by atoms with Crippen molar-refractivity contribution in [2.45, 2.75) is 6.61 Å². The summed E-state index contributed by atoms with van der Waals surface area (Å²) in [4.78, 5) is 12.2. The molecule has 4 aromatic rings. The molecule has 0 heterocycles. The van der Waals surface area contributed by atoms with E-state index in [-0.39, 0.29) is 41.1 Å². The Bertz CT molecular complexity index is 1910. The van der Waals surface area contributed by atoms with Gasteiger partial charge in [0.25, 0.3) is 0 Å². The number of rotatable bonds is 14. The molecule has 4 rings (SSSR count). The zero-order valence-corrected chi connectivity index (χ0v) is 27.3. The predicted octanol–water partition coefficient (Wildman–Crippen LogP) is 4.85. The minimum Gasteiger partial charge on any atom is -0.496 e. The van der Waals surface area contributed by atoms with E-state index in [2.05, 4.69) is 0 Å². The molecule has 0 aromatic heterocycles. The Balaban J connectivity index is 1.88. The monoisotopic (exact) mass is 672 g/mol. The van der Waals surface area contributed by atoms with Crippen LogP contribution in [-0.2, 0) is 36.4 Å². The van der Waals surface area contributed by atoms with Gasteiger partial charge in [0.05, 0.1) is 39.4 Å². The molecule has 12 nitrogen and oxygen atoms in total. The molecule has 0 unspecified atom stereocenters. The topological polar surface area (TPSA) is 150 Å². The highest BCUT2D eigenvalue weighted by Crippen LogP contribution is 2.51. The average molecular weight is 673 g/mol. The van der Waals surface area contributed by atoms with Crippen molar-refractivity contribution in [1.29, 1.82) is 0 Å². The highest BCUT2D eigenvalue weighted by atomic mass is 32.2. The van der Waals surface area contributed by atoms with Gasteiger partial charge in [-0.05, 0) is 47.0 Å². The van der Waals surface area contributed by atoms with Gasteiger partial charge >= 0.3 is 26.2 Å². The second-order valence-electron chi connectivity index (χ2n) is 9.76. The first kappa shape index (κ1) is 33.9. The molecule has 0 atom stereocenters. The number of methoxy groups -OCH3 is 3. The molecular weight excluding hydrogens is 640 g/mol. The molecule has 14 heteroatoms. The van der Waals surface area contributed by atoms with E-state index in [0.29, 0.717) is 22.3 Å². The lowest BCUT2D eigenvalue weighted by molar-refractivity contribution is -0.142. The molecule has 0 spiro atoms. The van der Waals surface area contributed by atoms with Gasteiger partial charge in [-0.15, -0.1) is 0 Å². The summed E-state index contributed by atoms with van der Waals surface area (Å²) in [6, 6.07) is 21.7. The molecular formula is C32H32O12S2. The van der Waals surface area contributed by atoms with Crippen LogP contribution in [0.1, 0.15) is 5.56 Å². The van der Waals surface area contributed by atoms with Crippen LogP contribution in [0, 0.1) is 0 Å². The van der Waals surface area contributed by atoms with Gasteiger partial charge in [0, 0.05) is 5.56 Å². The van der Waals surface area contributed by atoms with Crippen LogP contribution in [0.4, 0.5) is 0 Å². The smallest absolute Gasteiger partial charge is 0.343 e. The fraction of sp³-hybridized carbons (Fsp3) is 0.219. The van der Waals surface area contributed by atoms with Crippen LogP contribution in [-0.4, -0.2) is 63.3 Å². The van der Waals surface area contributed by atoms with Crippen LogP contribution in [0.15, 0.2) is 78.9 Å². The number of hydrogen-bond donors (Lipinski definition) is 0. The van der Waals surface area contributed by atoms with Crippen molar-refractivity contribution in [1.82, 2.24) is 0 Å². The molecule has 0 aliphatic heterocycles. The molecule has 4 aromatic carbocycles. The van der Waals surface area contributed by atoms with Crippen LogP contribution in [0.25, 0.3) is 22.3 Å². The van der Waals surface area contributed by atoms with Crippen molar-refractivity contribution in [2.75, 3.05) is 40.4 Å². The molecule has 0 fully saturated rings. The molecule has 0 radical (unpaired) electrons. The number of benzene rings is 4. The number of hydrogen-bond acceptors (Lipinski definition) is 12. The first-order chi connectivity index (χ1) is 21.8. The molecule has 46 heavy (non-hydrogen) atoms. The van der Waals surface area contributed by atoms with Crippen molar-refractivity contribution in [3.8, 4) is 56.8 Å². The van der Waals surface area contributed by atoms with E-state index in [1.54, 1.807) is 30.3 Å². The van der Waals surface area contributed by atoms with E-state index < -0.39 is 32.8 Å². The Labute approximate surface area is 267 Å². The maximum absolute atomic E-state index is 12.2. The van der Waals surface area contributed by atoms with Crippen molar-refractivity contribution < 1.29 is 53.7 Å². The van der Waals surface area contributed by atoms with Gasteiger partial charge in [-0.2, -0.15) is 16.8 Å². The maximum atomic E-state index is 12.2. The van der Waals surface area contributed by atoms with Crippen LogP contribution in [0.5, 0.6) is 34.5 Å². The first-order valence-corrected chi connectivity index (χ1v) is 17.1. The second kappa shape index (κ2) is 14.4. The fourth-order valence-corrected chi connectivity index (χ4v) is 5.32. The van der Waals surface area contributed by atoms with Crippen molar-refractivity contribution in [3.05, 3.63) is 84.4 Å². The van der Waals surface area contributed by atoms with E-state index in [1.165, 1.54) is 39.5 Å². The van der Waals surface area contributed by atoms with Gasteiger partial charge in [0.1, 0.15) is 18.1 Å². The Kier molecular flexibility index (Phi) is 10.6. The van der Waals surface area contributed by atoms with Crippen LogP contribution in [0.2, 0.25) is 0 Å². The summed E-state index contributed by atoms with van der Waals surface area (Å²) in [5.74, 6) is 0.00797. The lowest BCUT2D eigenvalue weighted by atomic mass is 9.96. The Morgan fingerprint density at radius 2 is 1.30 bits per heavy atom. The number of esters is 1. The lowest BCUT2D eigenvalue weighted by Crippen LogP contribution is -2.14. The summed E-state index contributed by atoms with van der Waals surface area (Å²) in [5.41, 5.74) is 2.56. The zero-order chi connectivity index (χ0) is 33.5. The number of ether oxygens (including phenoxy) is 5. The number of carbonyl (C=O) groups excluding carboxylic acids is 1. The lowest BCUT2D eigenvalue weighted by Gasteiger charge is -2.22. The molecule has 0 aliphatic carbocycles. The first-order valence-electron chi connectivity index (χ1n) is 13.5. The molecule has 0 amide bonds. The maximum Gasteiger partial charge on any atom is 0.343 e. The minimum atomic E-state index is -3.98. The summed E-state index contributed by atoms with van der Waals surface area (Å²) < 4.78 is 86.0. The third-order valence-electron chi connectivity index (χ3n) is 6.31. The SMILES string of the molecule is COC(=O)COc1c(OC)c(-c2ccc(OS(C)(=O)=O)cc2)cc(OC)c1-c1ccc(OCc2ccccc2)c(OS(C)(=O)=O)c1. The zero-order valence-electron chi connectivity index (χ0n) is 25.6. The average Bonchev–Trinajstić information content (AvgIpc) is 3.01. The predicted molar refractivity (Wildman–Crippen MR) is 170 cm³/mol. The quantitative estimate of drug-likeness (QED) is 0.133. The minimum absolute atomic E-state index is 0.0713. The van der Waals surface area contributed by atoms with E-state index >= 15 is 0 Å². The third-order valence-corrected chi connectivity index (χ3v) is 7.29. The van der Waals surface area contributed by atoms with Crippen molar-refractivity contribution in [3.63, 3.8) is 0 Å². The van der Waals surface area contributed by atoms with Gasteiger partial charge in [-0.1, -0.05) is 48.5 Å². The van der Waals surface area contributed by atoms with Gasteiger partial charge in [-0.3, -0.25) is 0 Å². The van der Waals surface area contributed by atoms with Gasteiger partial charge in [0.2, 0.25) is 0 Å². The van der Waals surface area contributed by atoms with Crippen molar-refractivity contribution in [2.24, 2.45) is 0 Å². The van der Waals surface area contributed by atoms with E-state index in [4.69, 9.17) is 32.1 Å². The molecule has 0 bridgehead atoms. The summed E-state index contributed by atoms with van der Waals surface area (Å²) in [7, 11) is -3.68. The highest BCUT2D eigenvalue weighted by Gasteiger charge is 2.26. The van der Waals surface area contributed by atoms with Gasteiger partial charge < -0.3 is 32.1 Å². The summed E-state index contributed by atoms with van der Waals surface area (Å²) in [6.45, 7) is -0.355. The van der Waals surface area contributed by atoms with Crippen LogP contribution < -0.4 is 27.3 Å². The Hall–Kier alpha value is -4.95.